The fourth-order valence-corrected chi connectivity index (χ4v) is 20.6. The highest BCUT2D eigenvalue weighted by atomic mass is 16.5. The number of rotatable bonds is 28. The maximum Gasteiger partial charge on any atom is 0.315 e. The van der Waals surface area contributed by atoms with Gasteiger partial charge in [-0.25, -0.2) is 15.0 Å². The van der Waals surface area contributed by atoms with Crippen molar-refractivity contribution in [1.82, 2.24) is 122 Å². The van der Waals surface area contributed by atoms with Crippen LogP contribution in [0.4, 0.5) is 0 Å². The van der Waals surface area contributed by atoms with E-state index in [2.05, 4.69) is 272 Å². The van der Waals surface area contributed by atoms with Crippen LogP contribution in [-0.2, 0) is 4.79 Å². The fourth-order valence-electron chi connectivity index (χ4n) is 20.6. The minimum atomic E-state index is -0.298. The number of allylic oxidation sites excluding steroid dienone is 1. The molecule has 14 heterocycles. The second-order valence-electron chi connectivity index (χ2n) is 46.7. The molecule has 6 aromatic heterocycles. The van der Waals surface area contributed by atoms with Crippen molar-refractivity contribution in [3.8, 4) is 0 Å². The molecule has 14 fully saturated rings. The molecule has 0 aromatic carbocycles. The summed E-state index contributed by atoms with van der Waals surface area (Å²) >= 11 is 0. The number of oxazole rings is 1. The van der Waals surface area contributed by atoms with Crippen molar-refractivity contribution < 1.29 is 42.5 Å². The summed E-state index contributed by atoms with van der Waals surface area (Å²) in [6.45, 7) is 59.3. The van der Waals surface area contributed by atoms with Crippen LogP contribution in [0.2, 0.25) is 0 Å². The zero-order valence-electron chi connectivity index (χ0n) is 89.5. The van der Waals surface area contributed by atoms with Crippen LogP contribution in [0.15, 0.2) is 72.1 Å². The number of carbonyl (C=O) groups is 7. The molecule has 7 amide bonds. The Morgan fingerprint density at radius 3 is 1.19 bits per heavy atom. The summed E-state index contributed by atoms with van der Waals surface area (Å²) in [5.74, 6) is 9.72. The smallest absolute Gasteiger partial charge is 0.315 e. The maximum atomic E-state index is 12.5. The molecule has 790 valence electrons. The molecule has 36 heteroatoms. The third kappa shape index (κ3) is 29.3. The van der Waals surface area contributed by atoms with Crippen LogP contribution in [0.1, 0.15) is 375 Å². The maximum absolute atomic E-state index is 12.5. The lowest BCUT2D eigenvalue weighted by Gasteiger charge is -2.20. The molecule has 14 atom stereocenters. The molecule has 21 rings (SSSR count). The van der Waals surface area contributed by atoms with Gasteiger partial charge in [-0.3, -0.25) is 87.5 Å². The molecule has 36 nitrogen and oxygen atoms in total. The summed E-state index contributed by atoms with van der Waals surface area (Å²) in [7, 11) is 0. The topological polar surface area (TPSA) is 440 Å². The summed E-state index contributed by atoms with van der Waals surface area (Å²) in [4.78, 5) is 157. The molecule has 0 radical (unpaired) electrons. The lowest BCUT2D eigenvalue weighted by atomic mass is 10.0. The Balaban J connectivity index is 0.000000126. The number of nitrogens with zero attached hydrogens (tertiary/aromatic N) is 14. The first-order chi connectivity index (χ1) is 68.6. The molecule has 6 aromatic rings. The molecule has 0 bridgehead atoms. The van der Waals surface area contributed by atoms with Gasteiger partial charge >= 0.3 is 11.8 Å². The van der Waals surface area contributed by atoms with Crippen LogP contribution in [0, 0.1) is 47.3 Å². The first-order valence-electron chi connectivity index (χ1n) is 54.4. The molecule has 7 saturated heterocycles. The Labute approximate surface area is 850 Å². The Kier molecular flexibility index (Phi) is 36.0. The van der Waals surface area contributed by atoms with E-state index < -0.39 is 0 Å². The number of likely N-dealkylation sites (tertiary alicyclic amines) is 7. The molecular weight excluding hydrogens is 1820 g/mol. The predicted molar refractivity (Wildman–Crippen MR) is 555 cm³/mol. The second-order valence-corrected chi connectivity index (χ2v) is 46.7. The molecule has 7 saturated carbocycles. The number of amides is 7. The Bertz CT molecular complexity index is 5180. The van der Waals surface area contributed by atoms with E-state index in [0.29, 0.717) is 148 Å². The van der Waals surface area contributed by atoms with Crippen LogP contribution >= 0.6 is 0 Å². The van der Waals surface area contributed by atoms with Crippen molar-refractivity contribution in [2.75, 3.05) is 91.6 Å². The highest BCUT2D eigenvalue weighted by molar-refractivity contribution is 6.40. The molecular formula is C108H167N25O11. The third-order valence-electron chi connectivity index (χ3n) is 32.1. The van der Waals surface area contributed by atoms with Gasteiger partial charge in [-0.2, -0.15) is 4.98 Å². The minimum absolute atomic E-state index is 0.0214. The van der Waals surface area contributed by atoms with Gasteiger partial charge in [0.25, 0.3) is 46.6 Å². The van der Waals surface area contributed by atoms with E-state index in [-0.39, 0.29) is 118 Å². The Hall–Kier alpha value is -9.98. The predicted octanol–water partition coefficient (Wildman–Crippen LogP) is 11.7. The number of hydrogen-bond acceptors (Lipinski definition) is 25. The number of carbonyl (C=O) groups excluding carboxylic acids is 7. The molecule has 15 aliphatic rings. The largest absolute Gasteiger partial charge is 0.435 e. The average molecular weight is 1990 g/mol. The first kappa shape index (κ1) is 108. The van der Waals surface area contributed by atoms with Crippen molar-refractivity contribution in [3.63, 3.8) is 0 Å². The van der Waals surface area contributed by atoms with E-state index in [1.165, 1.54) is 31.3 Å². The van der Waals surface area contributed by atoms with E-state index in [1.807, 2.05) is 12.3 Å². The van der Waals surface area contributed by atoms with E-state index in [0.717, 1.165) is 191 Å². The number of hydrogen-bond donors (Lipinski definition) is 11. The van der Waals surface area contributed by atoms with E-state index >= 15 is 0 Å². The van der Waals surface area contributed by atoms with E-state index in [1.54, 1.807) is 30.7 Å². The Morgan fingerprint density at radius 1 is 0.382 bits per heavy atom. The lowest BCUT2D eigenvalue weighted by molar-refractivity contribution is -0.115. The number of pyridine rings is 2. The van der Waals surface area contributed by atoms with Gasteiger partial charge in [0.2, 0.25) is 11.6 Å². The standard InChI is InChI=1S/2C17H25N3O2.C16H25N3O.C15H24N4O.C15H23N3O2.C14H23N5O.C14H22N4O2/c1-10(2)20-8-11(3)15(9-20)19-17(22)14-6-13(12-4-5-12)7-18-16(14)21;1-10(2)20-8-11(3)15(9-20)19-17(22)13-6-7-14(12-4-5-12)18-16(13)21;1-10(2)19-8-11(3)15(9-19)18-16(20)14-6-13(7-17-14)12-4-5-12;1-9(2)19-7-10(3)13(8-19)18-15(20)12-6-16-14(17-12)11-4-5-11;1-9(2)18-7-10(3)12(8-18)17-14(19)13-6-16-15(20-13)11-4-5-11;1-8(2)19-6-9(3)11(7-19)15-14(20)13-16-12(17-18-13)10-4-5-10;1-8(2)18-6-9(3)11(7-18)15-13(19)14-16-12(17-20-14)10-4-5-10/h2*6-7,10-12,15H,4-5,8-9H2,1-3H3,(H,18,21)(H,19,22);7,10-12,15H,4-6,8-9H2,1-3H3,(H,18,20);6,9-11,13H,4-5,7-8H2,1-3H3,(H,16,17)(H,18,20);6,9-12H,4-5,7-8H2,1-3H3,(H,17,19);8-11H,4-7H2,1-3H3,(H,15,20)(H,16,17,18);8-11H,4-7H2,1-3H3,(H,15,19)/t3*11-,15+;10-,13+;10-,12+;2*9-,11+/m0000000/s1. The fraction of sp³-hybridized carbons (Fsp3) is 0.722. The van der Waals surface area contributed by atoms with Crippen LogP contribution < -0.4 is 48.3 Å². The van der Waals surface area contributed by atoms with Gasteiger partial charge in [0.05, 0.1) is 12.4 Å². The molecule has 8 aliphatic heterocycles. The number of imidazole rings is 1. The summed E-state index contributed by atoms with van der Waals surface area (Å²) in [6, 6.07) is 10.1. The lowest BCUT2D eigenvalue weighted by Crippen LogP contribution is -2.43. The van der Waals surface area contributed by atoms with Crippen LogP contribution in [0.5, 0.6) is 0 Å². The number of aromatic amines is 4. The van der Waals surface area contributed by atoms with Gasteiger partial charge in [0.1, 0.15) is 34.2 Å². The summed E-state index contributed by atoms with van der Waals surface area (Å²) < 4.78 is 10.6. The second kappa shape index (κ2) is 47.9. The van der Waals surface area contributed by atoms with Gasteiger partial charge in [-0.15, -0.1) is 5.10 Å². The minimum Gasteiger partial charge on any atom is -0.435 e. The van der Waals surface area contributed by atoms with Gasteiger partial charge in [-0.05, 0) is 275 Å². The molecule has 0 spiro atoms. The number of H-pyrrole nitrogens is 4. The first-order valence-corrected chi connectivity index (χ1v) is 54.4. The zero-order chi connectivity index (χ0) is 103. The van der Waals surface area contributed by atoms with Gasteiger partial charge in [0, 0.05) is 224 Å². The highest BCUT2D eigenvalue weighted by Crippen LogP contribution is 2.44. The van der Waals surface area contributed by atoms with Crippen molar-refractivity contribution in [1.29, 1.82) is 0 Å². The quantitative estimate of drug-likeness (QED) is 0.0217. The highest BCUT2D eigenvalue weighted by Gasteiger charge is 2.44. The monoisotopic (exact) mass is 1990 g/mol. The summed E-state index contributed by atoms with van der Waals surface area (Å²) in [5, 5.41) is 32.4. The molecule has 11 N–H and O–H groups in total. The average Bonchev–Trinajstić information content (AvgIpc) is 1.67. The third-order valence-corrected chi connectivity index (χ3v) is 32.1. The van der Waals surface area contributed by atoms with Crippen molar-refractivity contribution in [2.24, 2.45) is 52.3 Å². The number of nitrogens with one attached hydrogen (secondary N) is 11. The van der Waals surface area contributed by atoms with Gasteiger partial charge in [-0.1, -0.05) is 53.6 Å². The van der Waals surface area contributed by atoms with E-state index in [4.69, 9.17) is 8.94 Å². The van der Waals surface area contributed by atoms with Crippen molar-refractivity contribution in [3.05, 3.63) is 138 Å². The normalized spacial score (nSPS) is 27.2. The summed E-state index contributed by atoms with van der Waals surface area (Å²) in [6.07, 6.45) is 23.9. The SMILES string of the molecule is CC(C)N1C[C@H](C)[C@H](NC(=O)C2=NC=C(C3CC3)C2)C1.CC(C)N1C[C@H](C)[C@H](NC(=O)c2cc(C3CC3)c[nH]c2=O)C1.CC(C)N1C[C@H](C)[C@H](NC(=O)c2ccc(C3CC3)[nH]c2=O)C1.CC(C)N1C[C@H](C)[C@H](NC(=O)c2cnc(C3CC3)[nH]2)C1.CC(C)N1C[C@H](C)[C@H](NC(=O)c2cnc(C3CC3)o2)C1.CC(C)N1C[C@H](C)[C@H](NC(=O)c2n[nH]c(C3CC3)n2)C1.CC(C)N1C[C@H](C)[C@H](NC(=O)c2nc(C3CC3)no2)C1. The summed E-state index contributed by atoms with van der Waals surface area (Å²) in [5.41, 5.74) is 4.61. The van der Waals surface area contributed by atoms with Crippen LogP contribution in [0.3, 0.4) is 0 Å². The Morgan fingerprint density at radius 2 is 0.778 bits per heavy atom. The van der Waals surface area contributed by atoms with Crippen LogP contribution in [-0.4, -0.2) is 308 Å². The molecule has 144 heavy (non-hydrogen) atoms. The number of aliphatic imine (C=N–C) groups is 1. The van der Waals surface area contributed by atoms with E-state index in [9.17, 15) is 43.2 Å². The van der Waals surface area contributed by atoms with Crippen molar-refractivity contribution in [2.45, 2.75) is 362 Å². The number of aromatic nitrogens is 10. The zero-order valence-corrected chi connectivity index (χ0v) is 89.5. The van der Waals surface area contributed by atoms with Gasteiger partial charge < -0.3 is 61.1 Å². The molecule has 0 unspecified atom stereocenters. The van der Waals surface area contributed by atoms with Crippen molar-refractivity contribution >= 4 is 47.1 Å². The van der Waals surface area contributed by atoms with Crippen LogP contribution in [0.25, 0.3) is 0 Å². The molecule has 7 aliphatic carbocycles. The van der Waals surface area contributed by atoms with Gasteiger partial charge in [0.15, 0.2) is 11.7 Å².